The van der Waals surface area contributed by atoms with Gasteiger partial charge in [-0.3, -0.25) is 9.36 Å². The molecule has 0 atom stereocenters. The third-order valence-corrected chi connectivity index (χ3v) is 5.89. The number of hydrogen-bond acceptors (Lipinski definition) is 5. The van der Waals surface area contributed by atoms with Crippen molar-refractivity contribution in [3.8, 4) is 0 Å². The lowest BCUT2D eigenvalue weighted by molar-refractivity contribution is 0.340. The number of nitrogens with zero attached hydrogens (tertiary/aromatic N) is 3. The maximum absolute atomic E-state index is 13.1. The van der Waals surface area contributed by atoms with Crippen molar-refractivity contribution in [3.63, 3.8) is 0 Å². The number of rotatable bonds is 2. The molecule has 0 bridgehead atoms. The third kappa shape index (κ3) is 2.24. The number of thiophene rings is 1. The van der Waals surface area contributed by atoms with Gasteiger partial charge in [-0.15, -0.1) is 11.3 Å². The Morgan fingerprint density at radius 1 is 1.30 bits per heavy atom. The molecule has 0 spiro atoms. The first-order valence-electron chi connectivity index (χ1n) is 8.19. The molecule has 3 aromatic heterocycles. The van der Waals surface area contributed by atoms with Gasteiger partial charge in [0.15, 0.2) is 0 Å². The quantitative estimate of drug-likeness (QED) is 0.776. The average molecular weight is 328 g/mol. The standard InChI is InChI=1S/C17H20N4OS/c1-10-20-14-13-12(18-2)8-9-19-16(13)23-15(14)17(22)21(10)11-6-4-3-5-7-11/h8-9,11H,3-7H2,1-2H3,(H,18,19). The number of pyridine rings is 1. The van der Waals surface area contributed by atoms with Crippen LogP contribution >= 0.6 is 11.3 Å². The topological polar surface area (TPSA) is 59.8 Å². The van der Waals surface area contributed by atoms with Crippen molar-refractivity contribution in [2.24, 2.45) is 0 Å². The molecule has 0 aliphatic heterocycles. The third-order valence-electron chi connectivity index (χ3n) is 4.81. The van der Waals surface area contributed by atoms with Crippen LogP contribution in [-0.2, 0) is 0 Å². The van der Waals surface area contributed by atoms with E-state index in [0.29, 0.717) is 6.04 Å². The van der Waals surface area contributed by atoms with E-state index in [4.69, 9.17) is 4.98 Å². The van der Waals surface area contributed by atoms with Crippen LogP contribution in [0.25, 0.3) is 20.4 Å². The Morgan fingerprint density at radius 3 is 2.83 bits per heavy atom. The fraction of sp³-hybridized carbons (Fsp3) is 0.471. The van der Waals surface area contributed by atoms with Crippen molar-refractivity contribution in [2.45, 2.75) is 45.1 Å². The number of hydrogen-bond donors (Lipinski definition) is 1. The summed E-state index contributed by atoms with van der Waals surface area (Å²) in [6, 6.07) is 2.23. The number of fused-ring (bicyclic) bond motifs is 3. The molecular formula is C17H20N4OS. The van der Waals surface area contributed by atoms with E-state index in [0.717, 1.165) is 44.8 Å². The maximum atomic E-state index is 13.1. The normalized spacial score (nSPS) is 16.3. The van der Waals surface area contributed by atoms with Crippen LogP contribution in [0.5, 0.6) is 0 Å². The van der Waals surface area contributed by atoms with Crippen molar-refractivity contribution in [1.82, 2.24) is 14.5 Å². The van der Waals surface area contributed by atoms with Crippen LogP contribution in [-0.4, -0.2) is 21.6 Å². The predicted octanol–water partition coefficient (Wildman–Crippen LogP) is 3.86. The lowest BCUT2D eigenvalue weighted by Gasteiger charge is -2.25. The molecule has 0 saturated heterocycles. The van der Waals surface area contributed by atoms with Gasteiger partial charge < -0.3 is 5.32 Å². The predicted molar refractivity (Wildman–Crippen MR) is 95.6 cm³/mol. The summed E-state index contributed by atoms with van der Waals surface area (Å²) in [5.74, 6) is 0.819. The van der Waals surface area contributed by atoms with Crippen molar-refractivity contribution in [3.05, 3.63) is 28.4 Å². The number of nitrogens with one attached hydrogen (secondary N) is 1. The fourth-order valence-corrected chi connectivity index (χ4v) is 4.75. The molecule has 1 aliphatic carbocycles. The first kappa shape index (κ1) is 14.6. The van der Waals surface area contributed by atoms with Crippen LogP contribution in [0.4, 0.5) is 5.69 Å². The van der Waals surface area contributed by atoms with E-state index in [1.165, 1.54) is 30.6 Å². The van der Waals surface area contributed by atoms with E-state index in [1.807, 2.05) is 24.6 Å². The van der Waals surface area contributed by atoms with Gasteiger partial charge >= 0.3 is 0 Å². The Labute approximate surface area is 138 Å². The van der Waals surface area contributed by atoms with Crippen molar-refractivity contribution in [1.29, 1.82) is 0 Å². The molecule has 0 unspecified atom stereocenters. The molecule has 1 saturated carbocycles. The highest BCUT2D eigenvalue weighted by molar-refractivity contribution is 7.25. The van der Waals surface area contributed by atoms with Gasteiger partial charge in [0.1, 0.15) is 20.9 Å². The monoisotopic (exact) mass is 328 g/mol. The Hall–Kier alpha value is -1.95. The van der Waals surface area contributed by atoms with Gasteiger partial charge in [-0.25, -0.2) is 9.97 Å². The van der Waals surface area contributed by atoms with Crippen molar-refractivity contribution >= 4 is 37.5 Å². The zero-order valence-electron chi connectivity index (χ0n) is 13.4. The summed E-state index contributed by atoms with van der Waals surface area (Å²) < 4.78 is 2.65. The summed E-state index contributed by atoms with van der Waals surface area (Å²) in [5.41, 5.74) is 1.87. The molecule has 23 heavy (non-hydrogen) atoms. The molecule has 3 heterocycles. The molecular weight excluding hydrogens is 308 g/mol. The van der Waals surface area contributed by atoms with Gasteiger partial charge in [-0.05, 0) is 25.8 Å². The van der Waals surface area contributed by atoms with E-state index >= 15 is 0 Å². The average Bonchev–Trinajstić information content (AvgIpc) is 2.95. The second kappa shape index (κ2) is 5.60. The summed E-state index contributed by atoms with van der Waals surface area (Å²) in [4.78, 5) is 23.2. The zero-order valence-corrected chi connectivity index (χ0v) is 14.2. The minimum atomic E-state index is 0.101. The fourth-order valence-electron chi connectivity index (χ4n) is 3.71. The largest absolute Gasteiger partial charge is 0.387 e. The lowest BCUT2D eigenvalue weighted by Crippen LogP contribution is -2.28. The summed E-state index contributed by atoms with van der Waals surface area (Å²) in [5, 5.41) is 4.15. The first-order chi connectivity index (χ1) is 11.2. The van der Waals surface area contributed by atoms with Crippen molar-refractivity contribution in [2.75, 3.05) is 12.4 Å². The molecule has 1 N–H and O–H groups in total. The summed E-state index contributed by atoms with van der Waals surface area (Å²) in [7, 11) is 1.88. The molecule has 0 radical (unpaired) electrons. The molecule has 120 valence electrons. The van der Waals surface area contributed by atoms with Gasteiger partial charge in [-0.1, -0.05) is 19.3 Å². The van der Waals surface area contributed by atoms with Crippen LogP contribution in [0.15, 0.2) is 17.1 Å². The first-order valence-corrected chi connectivity index (χ1v) is 9.00. The zero-order chi connectivity index (χ0) is 16.0. The molecule has 0 aromatic carbocycles. The van der Waals surface area contributed by atoms with E-state index in [9.17, 15) is 4.79 Å². The molecule has 6 heteroatoms. The Morgan fingerprint density at radius 2 is 2.09 bits per heavy atom. The minimum Gasteiger partial charge on any atom is -0.387 e. The van der Waals surface area contributed by atoms with Crippen LogP contribution in [0.3, 0.4) is 0 Å². The van der Waals surface area contributed by atoms with Gasteiger partial charge in [0.2, 0.25) is 0 Å². The molecule has 4 rings (SSSR count). The van der Waals surface area contributed by atoms with Crippen LogP contribution in [0.1, 0.15) is 44.0 Å². The van der Waals surface area contributed by atoms with E-state index < -0.39 is 0 Å². The lowest BCUT2D eigenvalue weighted by atomic mass is 9.95. The SMILES string of the molecule is CNc1ccnc2sc3c(=O)n(C4CCCCC4)c(C)nc3c12. The Kier molecular flexibility index (Phi) is 3.56. The molecule has 3 aromatic rings. The number of aromatic nitrogens is 3. The summed E-state index contributed by atoms with van der Waals surface area (Å²) in [6.07, 6.45) is 7.62. The van der Waals surface area contributed by atoms with Gasteiger partial charge in [0.05, 0.1) is 5.39 Å². The highest BCUT2D eigenvalue weighted by atomic mass is 32.1. The smallest absolute Gasteiger partial charge is 0.271 e. The molecule has 0 amide bonds. The maximum Gasteiger partial charge on any atom is 0.271 e. The highest BCUT2D eigenvalue weighted by Gasteiger charge is 2.22. The molecule has 1 aliphatic rings. The van der Waals surface area contributed by atoms with Crippen LogP contribution in [0, 0.1) is 6.92 Å². The van der Waals surface area contributed by atoms with Crippen LogP contribution < -0.4 is 10.9 Å². The van der Waals surface area contributed by atoms with Gasteiger partial charge in [0.25, 0.3) is 5.56 Å². The number of aryl methyl sites for hydroxylation is 1. The van der Waals surface area contributed by atoms with Crippen LogP contribution in [0.2, 0.25) is 0 Å². The highest BCUT2D eigenvalue weighted by Crippen LogP contribution is 2.35. The van der Waals surface area contributed by atoms with Gasteiger partial charge in [-0.2, -0.15) is 0 Å². The van der Waals surface area contributed by atoms with E-state index in [2.05, 4.69) is 10.3 Å². The van der Waals surface area contributed by atoms with E-state index in [1.54, 1.807) is 6.20 Å². The summed E-state index contributed by atoms with van der Waals surface area (Å²) in [6.45, 7) is 1.95. The molecule has 1 fully saturated rings. The van der Waals surface area contributed by atoms with Gasteiger partial charge in [0, 0.05) is 25.0 Å². The Bertz CT molecular complexity index is 937. The summed E-state index contributed by atoms with van der Waals surface area (Å²) >= 11 is 1.46. The van der Waals surface area contributed by atoms with E-state index in [-0.39, 0.29) is 5.56 Å². The minimum absolute atomic E-state index is 0.101. The second-order valence-corrected chi connectivity index (χ2v) is 7.19. The van der Waals surface area contributed by atoms with Crippen molar-refractivity contribution < 1.29 is 0 Å². The molecule has 5 nitrogen and oxygen atoms in total. The second-order valence-electron chi connectivity index (χ2n) is 6.19. The Balaban J connectivity index is 2.02. The number of anilines is 1.